The molecule has 1 saturated carbocycles. The zero-order chi connectivity index (χ0) is 23.0. The molecule has 0 saturated heterocycles. The van der Waals surface area contributed by atoms with Crippen molar-refractivity contribution in [2.24, 2.45) is 5.92 Å². The Balaban J connectivity index is 1.35. The molecule has 0 unspecified atom stereocenters. The van der Waals surface area contributed by atoms with Gasteiger partial charge in [-0.15, -0.1) is 0 Å². The summed E-state index contributed by atoms with van der Waals surface area (Å²) in [5, 5.41) is 2.74. The highest BCUT2D eigenvalue weighted by molar-refractivity contribution is 6.33. The average molecular weight is 469 g/mol. The van der Waals surface area contributed by atoms with Crippen molar-refractivity contribution in [1.29, 1.82) is 0 Å². The topological polar surface area (TPSA) is 49.4 Å². The van der Waals surface area contributed by atoms with Crippen LogP contribution in [0.5, 0.6) is 0 Å². The van der Waals surface area contributed by atoms with E-state index in [0.717, 1.165) is 36.6 Å². The van der Waals surface area contributed by atoms with E-state index >= 15 is 0 Å². The van der Waals surface area contributed by atoms with Gasteiger partial charge in [-0.05, 0) is 67.5 Å². The number of amides is 2. The molecular formula is C23H21ClF4N2O2. The molecule has 1 aliphatic carbocycles. The van der Waals surface area contributed by atoms with Crippen LogP contribution in [0.2, 0.25) is 5.02 Å². The zero-order valence-corrected chi connectivity index (χ0v) is 17.8. The van der Waals surface area contributed by atoms with Gasteiger partial charge in [0.25, 0.3) is 5.91 Å². The second-order valence-corrected chi connectivity index (χ2v) is 8.74. The lowest BCUT2D eigenvalue weighted by Gasteiger charge is -2.32. The standard InChI is InChI=1S/C23H21ClF4N2O2/c24-19-8-4-15(23(26,27)28)10-18(19)22(32)29-17-6-1-13(2-7-17)12-30-20-11-16(25)5-3-14(20)9-21(30)31/h3-5,8,10-11,13,17H,1-2,6-7,9,12H2,(H,29,32)/t13-,17-. The first-order valence-corrected chi connectivity index (χ1v) is 10.8. The van der Waals surface area contributed by atoms with Crippen molar-refractivity contribution >= 4 is 29.1 Å². The molecule has 2 aliphatic rings. The molecule has 4 nitrogen and oxygen atoms in total. The van der Waals surface area contributed by atoms with E-state index in [0.29, 0.717) is 25.1 Å². The molecule has 0 aromatic heterocycles. The Morgan fingerprint density at radius 2 is 1.81 bits per heavy atom. The molecule has 0 bridgehead atoms. The van der Waals surface area contributed by atoms with Gasteiger partial charge in [-0.2, -0.15) is 13.2 Å². The van der Waals surface area contributed by atoms with Crippen molar-refractivity contribution in [2.75, 3.05) is 11.4 Å². The van der Waals surface area contributed by atoms with Crippen molar-refractivity contribution in [3.63, 3.8) is 0 Å². The molecule has 9 heteroatoms. The normalized spacial score (nSPS) is 20.9. The highest BCUT2D eigenvalue weighted by atomic mass is 35.5. The molecule has 1 N–H and O–H groups in total. The Morgan fingerprint density at radius 1 is 1.09 bits per heavy atom. The van der Waals surface area contributed by atoms with Crippen LogP contribution in [0, 0.1) is 11.7 Å². The minimum Gasteiger partial charge on any atom is -0.349 e. The molecule has 1 aliphatic heterocycles. The first kappa shape index (κ1) is 22.6. The number of nitrogens with one attached hydrogen (secondary N) is 1. The molecule has 2 amide bonds. The predicted molar refractivity (Wildman–Crippen MR) is 112 cm³/mol. The van der Waals surface area contributed by atoms with Gasteiger partial charge in [-0.1, -0.05) is 17.7 Å². The van der Waals surface area contributed by atoms with Gasteiger partial charge in [-0.3, -0.25) is 9.59 Å². The molecule has 0 spiro atoms. The Labute approximate surface area is 187 Å². The SMILES string of the molecule is O=C(N[C@H]1CC[C@H](CN2C(=O)Cc3ccc(F)cc32)CC1)c1cc(C(F)(F)F)ccc1Cl. The van der Waals surface area contributed by atoms with E-state index in [1.807, 2.05) is 0 Å². The lowest BCUT2D eigenvalue weighted by Crippen LogP contribution is -2.40. The fourth-order valence-corrected chi connectivity index (χ4v) is 4.62. The molecule has 1 fully saturated rings. The van der Waals surface area contributed by atoms with E-state index in [4.69, 9.17) is 11.6 Å². The van der Waals surface area contributed by atoms with Crippen LogP contribution in [-0.2, 0) is 17.4 Å². The molecule has 2 aromatic carbocycles. The summed E-state index contributed by atoms with van der Waals surface area (Å²) < 4.78 is 52.5. The second kappa shape index (κ2) is 8.73. The molecule has 0 radical (unpaired) electrons. The van der Waals surface area contributed by atoms with E-state index in [-0.39, 0.29) is 40.7 Å². The summed E-state index contributed by atoms with van der Waals surface area (Å²) in [7, 11) is 0. The number of alkyl halides is 3. The number of benzene rings is 2. The maximum absolute atomic E-state index is 13.6. The van der Waals surface area contributed by atoms with Gasteiger partial charge in [-0.25, -0.2) is 4.39 Å². The summed E-state index contributed by atoms with van der Waals surface area (Å²) in [5.74, 6) is -0.884. The van der Waals surface area contributed by atoms with Crippen molar-refractivity contribution in [1.82, 2.24) is 5.32 Å². The predicted octanol–water partition coefficient (Wildman–Crippen LogP) is 5.38. The van der Waals surface area contributed by atoms with Crippen LogP contribution < -0.4 is 10.2 Å². The van der Waals surface area contributed by atoms with Crippen LogP contribution in [0.1, 0.15) is 47.2 Å². The van der Waals surface area contributed by atoms with E-state index in [1.165, 1.54) is 12.1 Å². The number of carbonyl (C=O) groups is 2. The van der Waals surface area contributed by atoms with Gasteiger partial charge in [0.2, 0.25) is 5.91 Å². The summed E-state index contributed by atoms with van der Waals surface area (Å²) in [6, 6.07) is 6.85. The smallest absolute Gasteiger partial charge is 0.349 e. The lowest BCUT2D eigenvalue weighted by molar-refractivity contribution is -0.137. The molecule has 0 atom stereocenters. The van der Waals surface area contributed by atoms with Crippen LogP contribution in [0.25, 0.3) is 0 Å². The van der Waals surface area contributed by atoms with E-state index in [1.54, 1.807) is 11.0 Å². The highest BCUT2D eigenvalue weighted by Crippen LogP contribution is 2.34. The minimum atomic E-state index is -4.56. The number of nitrogens with zero attached hydrogens (tertiary/aromatic N) is 1. The highest BCUT2D eigenvalue weighted by Gasteiger charge is 2.33. The van der Waals surface area contributed by atoms with Gasteiger partial charge in [0.1, 0.15) is 5.82 Å². The maximum atomic E-state index is 13.6. The molecule has 170 valence electrons. The number of halogens is 5. The van der Waals surface area contributed by atoms with Gasteiger partial charge >= 0.3 is 6.18 Å². The summed E-state index contributed by atoms with van der Waals surface area (Å²) in [4.78, 5) is 26.5. The fourth-order valence-electron chi connectivity index (χ4n) is 4.42. The molecule has 1 heterocycles. The monoisotopic (exact) mass is 468 g/mol. The number of fused-ring (bicyclic) bond motifs is 1. The maximum Gasteiger partial charge on any atom is 0.416 e. The lowest BCUT2D eigenvalue weighted by atomic mass is 9.85. The largest absolute Gasteiger partial charge is 0.416 e. The van der Waals surface area contributed by atoms with Crippen LogP contribution >= 0.6 is 11.6 Å². The summed E-state index contributed by atoms with van der Waals surface area (Å²) in [6.07, 6.45) is -1.58. The van der Waals surface area contributed by atoms with Crippen LogP contribution in [0.3, 0.4) is 0 Å². The third-order valence-corrected chi connectivity index (χ3v) is 6.47. The van der Waals surface area contributed by atoms with Gasteiger partial charge < -0.3 is 10.2 Å². The Hall–Kier alpha value is -2.61. The summed E-state index contributed by atoms with van der Waals surface area (Å²) >= 11 is 5.95. The van der Waals surface area contributed by atoms with Crippen LogP contribution in [0.4, 0.5) is 23.2 Å². The fraction of sp³-hybridized carbons (Fsp3) is 0.391. The van der Waals surface area contributed by atoms with E-state index in [9.17, 15) is 27.2 Å². The number of hydrogen-bond donors (Lipinski definition) is 1. The van der Waals surface area contributed by atoms with Crippen LogP contribution in [-0.4, -0.2) is 24.4 Å². The quantitative estimate of drug-likeness (QED) is 0.613. The Morgan fingerprint density at radius 3 is 2.50 bits per heavy atom. The molecule has 32 heavy (non-hydrogen) atoms. The average Bonchev–Trinajstić information content (AvgIpc) is 3.03. The van der Waals surface area contributed by atoms with Crippen molar-refractivity contribution in [3.05, 3.63) is 63.9 Å². The first-order chi connectivity index (χ1) is 15.1. The number of rotatable bonds is 4. The van der Waals surface area contributed by atoms with Crippen molar-refractivity contribution in [3.8, 4) is 0 Å². The number of anilines is 1. The number of carbonyl (C=O) groups excluding carboxylic acids is 2. The summed E-state index contributed by atoms with van der Waals surface area (Å²) in [5.41, 5.74) is 0.299. The third-order valence-electron chi connectivity index (χ3n) is 6.14. The van der Waals surface area contributed by atoms with E-state index in [2.05, 4.69) is 5.32 Å². The van der Waals surface area contributed by atoms with Gasteiger partial charge in [0, 0.05) is 12.6 Å². The molecular weight excluding hydrogens is 448 g/mol. The number of hydrogen-bond acceptors (Lipinski definition) is 2. The Bertz CT molecular complexity index is 1050. The third kappa shape index (κ3) is 4.75. The van der Waals surface area contributed by atoms with Gasteiger partial charge in [0.05, 0.1) is 28.3 Å². The van der Waals surface area contributed by atoms with Crippen molar-refractivity contribution < 1.29 is 27.2 Å². The van der Waals surface area contributed by atoms with E-state index < -0.39 is 17.6 Å². The van der Waals surface area contributed by atoms with Crippen LogP contribution in [0.15, 0.2) is 36.4 Å². The minimum absolute atomic E-state index is 0.0392. The first-order valence-electron chi connectivity index (χ1n) is 10.4. The second-order valence-electron chi connectivity index (χ2n) is 8.34. The Kier molecular flexibility index (Phi) is 6.16. The summed E-state index contributed by atoms with van der Waals surface area (Å²) in [6.45, 7) is 0.482. The molecule has 2 aromatic rings. The van der Waals surface area contributed by atoms with Gasteiger partial charge in [0.15, 0.2) is 0 Å². The molecule has 4 rings (SSSR count). The van der Waals surface area contributed by atoms with Crippen molar-refractivity contribution in [2.45, 2.75) is 44.3 Å². The zero-order valence-electron chi connectivity index (χ0n) is 17.0.